The van der Waals surface area contributed by atoms with Crippen molar-refractivity contribution in [3.63, 3.8) is 0 Å². The fraction of sp³-hybridized carbons (Fsp3) is 0.500. The molecule has 1 rings (SSSR count). The highest BCUT2D eigenvalue weighted by atomic mass is 16.6. The van der Waals surface area contributed by atoms with E-state index in [0.29, 0.717) is 19.4 Å². The molecule has 0 radical (unpaired) electrons. The third kappa shape index (κ3) is 6.90. The van der Waals surface area contributed by atoms with Gasteiger partial charge in [0.1, 0.15) is 6.04 Å². The molecule has 5 heteroatoms. The van der Waals surface area contributed by atoms with E-state index in [-0.39, 0.29) is 5.60 Å². The summed E-state index contributed by atoms with van der Waals surface area (Å²) in [5, 5.41) is 2.48. The molecule has 116 valence electrons. The van der Waals surface area contributed by atoms with Crippen LogP contribution in [0.25, 0.3) is 0 Å². The van der Waals surface area contributed by atoms with Crippen LogP contribution in [0, 0.1) is 0 Å². The molecule has 1 amide bonds. The summed E-state index contributed by atoms with van der Waals surface area (Å²) in [6, 6.07) is -0.565. The molecule has 0 bridgehead atoms. The Hall–Kier alpha value is -1.88. The number of hydrogen-bond acceptors (Lipinski definition) is 4. The van der Waals surface area contributed by atoms with E-state index in [0.717, 1.165) is 5.57 Å². The number of cyclic esters (lactones) is 2. The molecule has 0 saturated carbocycles. The summed E-state index contributed by atoms with van der Waals surface area (Å²) in [5.41, 5.74) is 0.835. The standard InChI is InChI=1S/C16H23NO4/c1-5-7-12(8-6-11-20-16(2,3)4)9-10-13-14(18)21-15(19)17-13/h5-8,13H,1,9-11H2,2-4H3,(H,17,19)/b8-6-,12-7+. The van der Waals surface area contributed by atoms with Crippen molar-refractivity contribution in [1.29, 1.82) is 0 Å². The Morgan fingerprint density at radius 3 is 2.67 bits per heavy atom. The average Bonchev–Trinajstić information content (AvgIpc) is 2.69. The maximum Gasteiger partial charge on any atom is 0.415 e. The quantitative estimate of drug-likeness (QED) is 0.445. The lowest BCUT2D eigenvalue weighted by Crippen LogP contribution is -2.28. The summed E-state index contributed by atoms with van der Waals surface area (Å²) in [4.78, 5) is 22.3. The Labute approximate surface area is 125 Å². The molecule has 1 aliphatic rings. The Morgan fingerprint density at radius 2 is 2.14 bits per heavy atom. The minimum atomic E-state index is -0.673. The lowest BCUT2D eigenvalue weighted by atomic mass is 10.0. The van der Waals surface area contributed by atoms with Crippen LogP contribution in [0.2, 0.25) is 0 Å². The summed E-state index contributed by atoms with van der Waals surface area (Å²) < 4.78 is 10.0. The van der Waals surface area contributed by atoms with Gasteiger partial charge in [0.25, 0.3) is 0 Å². The van der Waals surface area contributed by atoms with E-state index in [1.165, 1.54) is 0 Å². The van der Waals surface area contributed by atoms with Gasteiger partial charge in [0.2, 0.25) is 0 Å². The average molecular weight is 293 g/mol. The van der Waals surface area contributed by atoms with E-state index in [4.69, 9.17) is 4.74 Å². The molecular formula is C16H23NO4. The molecular weight excluding hydrogens is 270 g/mol. The molecule has 1 atom stereocenters. The van der Waals surface area contributed by atoms with Gasteiger partial charge < -0.3 is 14.8 Å². The van der Waals surface area contributed by atoms with Crippen molar-refractivity contribution >= 4 is 12.1 Å². The SMILES string of the molecule is C=C/C=C(\C=C/COC(C)(C)C)CCC1NC(=O)OC1=O. The van der Waals surface area contributed by atoms with Gasteiger partial charge in [-0.3, -0.25) is 0 Å². The van der Waals surface area contributed by atoms with Gasteiger partial charge in [-0.1, -0.05) is 30.9 Å². The molecule has 21 heavy (non-hydrogen) atoms. The van der Waals surface area contributed by atoms with Crippen molar-refractivity contribution in [3.8, 4) is 0 Å². The normalized spacial score (nSPS) is 19.8. The fourth-order valence-electron chi connectivity index (χ4n) is 1.77. The highest BCUT2D eigenvalue weighted by Crippen LogP contribution is 2.14. The first-order valence-corrected chi connectivity index (χ1v) is 6.96. The Balaban J connectivity index is 2.45. The first-order valence-electron chi connectivity index (χ1n) is 6.96. The van der Waals surface area contributed by atoms with E-state index < -0.39 is 18.1 Å². The molecule has 1 heterocycles. The molecule has 1 fully saturated rings. The summed E-state index contributed by atoms with van der Waals surface area (Å²) in [6.45, 7) is 10.2. The molecule has 5 nitrogen and oxygen atoms in total. The summed E-state index contributed by atoms with van der Waals surface area (Å²) in [5.74, 6) is -0.516. The van der Waals surface area contributed by atoms with Crippen molar-refractivity contribution < 1.29 is 19.1 Å². The minimum Gasteiger partial charge on any atom is -0.375 e. The van der Waals surface area contributed by atoms with Gasteiger partial charge in [-0.25, -0.2) is 9.59 Å². The Bertz CT molecular complexity index is 457. The lowest BCUT2D eigenvalue weighted by Gasteiger charge is -2.17. The van der Waals surface area contributed by atoms with Crippen molar-refractivity contribution in [2.24, 2.45) is 0 Å². The van der Waals surface area contributed by atoms with Gasteiger partial charge in [-0.2, -0.15) is 0 Å². The number of carbonyl (C=O) groups is 2. The number of esters is 1. The van der Waals surface area contributed by atoms with E-state index in [1.54, 1.807) is 6.08 Å². The molecule has 0 aromatic rings. The fourth-order valence-corrected chi connectivity index (χ4v) is 1.77. The Morgan fingerprint density at radius 1 is 1.43 bits per heavy atom. The smallest absolute Gasteiger partial charge is 0.375 e. The van der Waals surface area contributed by atoms with Gasteiger partial charge in [0.15, 0.2) is 0 Å². The number of amides is 1. The van der Waals surface area contributed by atoms with Gasteiger partial charge >= 0.3 is 12.1 Å². The van der Waals surface area contributed by atoms with E-state index in [2.05, 4.69) is 16.6 Å². The number of rotatable bonds is 7. The van der Waals surface area contributed by atoms with E-state index in [9.17, 15) is 9.59 Å². The minimum absolute atomic E-state index is 0.176. The third-order valence-electron chi connectivity index (χ3n) is 2.77. The number of allylic oxidation sites excluding steroid dienone is 4. The lowest BCUT2D eigenvalue weighted by molar-refractivity contribution is -0.135. The molecule has 1 N–H and O–H groups in total. The number of carbonyl (C=O) groups excluding carboxylic acids is 2. The van der Waals surface area contributed by atoms with Crippen molar-refractivity contribution in [2.75, 3.05) is 6.61 Å². The van der Waals surface area contributed by atoms with Crippen molar-refractivity contribution in [2.45, 2.75) is 45.3 Å². The first-order chi connectivity index (χ1) is 9.81. The van der Waals surface area contributed by atoms with Crippen LogP contribution in [0.3, 0.4) is 0 Å². The molecule has 0 aromatic heterocycles. The van der Waals surface area contributed by atoms with Crippen LogP contribution in [0.5, 0.6) is 0 Å². The maximum absolute atomic E-state index is 11.3. The predicted molar refractivity (Wildman–Crippen MR) is 80.8 cm³/mol. The zero-order valence-corrected chi connectivity index (χ0v) is 12.8. The second kappa shape index (κ2) is 7.78. The van der Waals surface area contributed by atoms with Gasteiger partial charge in [0, 0.05) is 0 Å². The zero-order valence-electron chi connectivity index (χ0n) is 12.8. The zero-order chi connectivity index (χ0) is 15.9. The van der Waals surface area contributed by atoms with Crippen LogP contribution in [0.1, 0.15) is 33.6 Å². The number of alkyl carbamates (subject to hydrolysis) is 1. The topological polar surface area (TPSA) is 64.6 Å². The van der Waals surface area contributed by atoms with Gasteiger partial charge in [-0.15, -0.1) is 0 Å². The maximum atomic E-state index is 11.3. The molecule has 1 aliphatic heterocycles. The number of nitrogens with one attached hydrogen (secondary N) is 1. The van der Waals surface area contributed by atoms with E-state index in [1.807, 2.05) is 39.0 Å². The molecule has 1 unspecified atom stereocenters. The second-order valence-corrected chi connectivity index (χ2v) is 5.75. The molecule has 0 aliphatic carbocycles. The predicted octanol–water partition coefficient (Wildman–Crippen LogP) is 2.89. The summed E-state index contributed by atoms with van der Waals surface area (Å²) in [6.07, 6.45) is 7.88. The third-order valence-corrected chi connectivity index (χ3v) is 2.77. The molecule has 1 saturated heterocycles. The number of hydrogen-bond donors (Lipinski definition) is 1. The molecule has 0 spiro atoms. The molecule has 0 aromatic carbocycles. The van der Waals surface area contributed by atoms with E-state index >= 15 is 0 Å². The van der Waals surface area contributed by atoms with Crippen molar-refractivity contribution in [1.82, 2.24) is 5.32 Å². The highest BCUT2D eigenvalue weighted by molar-refractivity contribution is 5.95. The van der Waals surface area contributed by atoms with Crippen LogP contribution in [-0.4, -0.2) is 30.3 Å². The van der Waals surface area contributed by atoms with Crippen LogP contribution < -0.4 is 5.32 Å². The second-order valence-electron chi connectivity index (χ2n) is 5.75. The Kier molecular flexibility index (Phi) is 6.37. The van der Waals surface area contributed by atoms with Gasteiger partial charge in [-0.05, 0) is 39.2 Å². The van der Waals surface area contributed by atoms with Gasteiger partial charge in [0.05, 0.1) is 12.2 Å². The van der Waals surface area contributed by atoms with Crippen LogP contribution in [0.4, 0.5) is 4.79 Å². The summed E-state index contributed by atoms with van der Waals surface area (Å²) >= 11 is 0. The largest absolute Gasteiger partial charge is 0.415 e. The van der Waals surface area contributed by atoms with Crippen LogP contribution >= 0.6 is 0 Å². The van der Waals surface area contributed by atoms with Crippen LogP contribution in [-0.2, 0) is 14.3 Å². The summed E-state index contributed by atoms with van der Waals surface area (Å²) in [7, 11) is 0. The highest BCUT2D eigenvalue weighted by Gasteiger charge is 2.31. The van der Waals surface area contributed by atoms with Crippen LogP contribution in [0.15, 0.2) is 36.5 Å². The number of ether oxygens (including phenoxy) is 2. The monoisotopic (exact) mass is 293 g/mol. The van der Waals surface area contributed by atoms with Crippen molar-refractivity contribution in [3.05, 3.63) is 36.5 Å². The first kappa shape index (κ1) is 17.2.